The third-order valence-corrected chi connectivity index (χ3v) is 3.86. The third kappa shape index (κ3) is 3.62. The SMILES string of the molecule is CC1CCC(CCNc2ccncc2N)CC1. The van der Waals surface area contributed by atoms with Crippen LogP contribution in [-0.2, 0) is 0 Å². The van der Waals surface area contributed by atoms with Gasteiger partial charge in [-0.3, -0.25) is 4.98 Å². The van der Waals surface area contributed by atoms with Crippen molar-refractivity contribution in [3.8, 4) is 0 Å². The van der Waals surface area contributed by atoms with Gasteiger partial charge in [-0.2, -0.15) is 0 Å². The Labute approximate surface area is 104 Å². The predicted molar refractivity (Wildman–Crippen MR) is 72.9 cm³/mol. The average Bonchev–Trinajstić information content (AvgIpc) is 2.34. The van der Waals surface area contributed by atoms with Gasteiger partial charge in [-0.15, -0.1) is 0 Å². The van der Waals surface area contributed by atoms with E-state index in [-0.39, 0.29) is 0 Å². The molecule has 0 aromatic carbocycles. The first-order chi connectivity index (χ1) is 8.25. The zero-order chi connectivity index (χ0) is 12.1. The first-order valence-electron chi connectivity index (χ1n) is 6.69. The molecule has 1 fully saturated rings. The molecule has 0 bridgehead atoms. The maximum atomic E-state index is 5.83. The van der Waals surface area contributed by atoms with Crippen LogP contribution >= 0.6 is 0 Å². The van der Waals surface area contributed by atoms with Crippen molar-refractivity contribution in [1.82, 2.24) is 4.98 Å². The largest absolute Gasteiger partial charge is 0.396 e. The number of pyridine rings is 1. The quantitative estimate of drug-likeness (QED) is 0.839. The van der Waals surface area contributed by atoms with Crippen molar-refractivity contribution in [2.75, 3.05) is 17.6 Å². The van der Waals surface area contributed by atoms with Gasteiger partial charge in [0.25, 0.3) is 0 Å². The molecule has 1 heterocycles. The topological polar surface area (TPSA) is 50.9 Å². The number of hydrogen-bond donors (Lipinski definition) is 2. The molecule has 0 spiro atoms. The Balaban J connectivity index is 1.71. The van der Waals surface area contributed by atoms with Gasteiger partial charge in [0.1, 0.15) is 0 Å². The second-order valence-corrected chi connectivity index (χ2v) is 5.30. The van der Waals surface area contributed by atoms with E-state index in [4.69, 9.17) is 5.73 Å². The number of hydrogen-bond acceptors (Lipinski definition) is 3. The minimum atomic E-state index is 0.741. The summed E-state index contributed by atoms with van der Waals surface area (Å²) >= 11 is 0. The van der Waals surface area contributed by atoms with Crippen LogP contribution < -0.4 is 11.1 Å². The summed E-state index contributed by atoms with van der Waals surface area (Å²) in [5.41, 5.74) is 7.59. The minimum Gasteiger partial charge on any atom is -0.396 e. The Morgan fingerprint density at radius 1 is 1.35 bits per heavy atom. The molecule has 0 amide bonds. The van der Waals surface area contributed by atoms with Gasteiger partial charge in [0.05, 0.1) is 17.6 Å². The fourth-order valence-corrected chi connectivity index (χ4v) is 2.60. The van der Waals surface area contributed by atoms with Crippen LogP contribution in [-0.4, -0.2) is 11.5 Å². The fourth-order valence-electron chi connectivity index (χ4n) is 2.60. The molecule has 0 unspecified atom stereocenters. The normalized spacial score (nSPS) is 24.5. The third-order valence-electron chi connectivity index (χ3n) is 3.86. The van der Waals surface area contributed by atoms with Gasteiger partial charge in [0.15, 0.2) is 0 Å². The van der Waals surface area contributed by atoms with E-state index < -0.39 is 0 Å². The molecule has 2 rings (SSSR count). The number of nitrogen functional groups attached to an aromatic ring is 1. The van der Waals surface area contributed by atoms with Gasteiger partial charge in [-0.25, -0.2) is 0 Å². The molecule has 0 radical (unpaired) electrons. The summed E-state index contributed by atoms with van der Waals surface area (Å²) < 4.78 is 0. The predicted octanol–water partition coefficient (Wildman–Crippen LogP) is 3.29. The Morgan fingerprint density at radius 3 is 2.82 bits per heavy atom. The lowest BCUT2D eigenvalue weighted by molar-refractivity contribution is 0.282. The Bertz CT molecular complexity index is 343. The van der Waals surface area contributed by atoms with Crippen molar-refractivity contribution < 1.29 is 0 Å². The number of nitrogens with zero attached hydrogens (tertiary/aromatic N) is 1. The van der Waals surface area contributed by atoms with Crippen molar-refractivity contribution in [2.45, 2.75) is 39.0 Å². The van der Waals surface area contributed by atoms with E-state index in [2.05, 4.69) is 17.2 Å². The van der Waals surface area contributed by atoms with Gasteiger partial charge in [-0.1, -0.05) is 32.6 Å². The van der Waals surface area contributed by atoms with Crippen molar-refractivity contribution >= 4 is 11.4 Å². The van der Waals surface area contributed by atoms with E-state index in [0.29, 0.717) is 0 Å². The maximum Gasteiger partial charge on any atom is 0.0736 e. The van der Waals surface area contributed by atoms with E-state index in [0.717, 1.165) is 29.8 Å². The highest BCUT2D eigenvalue weighted by atomic mass is 14.9. The Morgan fingerprint density at radius 2 is 2.12 bits per heavy atom. The minimum absolute atomic E-state index is 0.741. The van der Waals surface area contributed by atoms with Crippen molar-refractivity contribution in [1.29, 1.82) is 0 Å². The number of anilines is 2. The second-order valence-electron chi connectivity index (χ2n) is 5.30. The summed E-state index contributed by atoms with van der Waals surface area (Å²) in [7, 11) is 0. The van der Waals surface area contributed by atoms with Crippen LogP contribution in [0.1, 0.15) is 39.0 Å². The van der Waals surface area contributed by atoms with E-state index in [1.807, 2.05) is 6.07 Å². The van der Waals surface area contributed by atoms with Crippen LogP contribution in [0.4, 0.5) is 11.4 Å². The molecular weight excluding hydrogens is 210 g/mol. The van der Waals surface area contributed by atoms with E-state index in [1.54, 1.807) is 12.4 Å². The lowest BCUT2D eigenvalue weighted by atomic mass is 9.81. The summed E-state index contributed by atoms with van der Waals surface area (Å²) in [5, 5.41) is 3.41. The molecule has 1 aromatic rings. The van der Waals surface area contributed by atoms with Crippen LogP contribution in [0, 0.1) is 11.8 Å². The molecule has 17 heavy (non-hydrogen) atoms. The molecule has 1 aliphatic rings. The first-order valence-corrected chi connectivity index (χ1v) is 6.69. The molecule has 3 nitrogen and oxygen atoms in total. The zero-order valence-electron chi connectivity index (χ0n) is 10.7. The van der Waals surface area contributed by atoms with Crippen LogP contribution in [0.5, 0.6) is 0 Å². The average molecular weight is 233 g/mol. The van der Waals surface area contributed by atoms with Gasteiger partial charge in [0.2, 0.25) is 0 Å². The van der Waals surface area contributed by atoms with Gasteiger partial charge < -0.3 is 11.1 Å². The standard InChI is InChI=1S/C14H23N3/c1-11-2-4-12(5-3-11)6-9-17-14-7-8-16-10-13(14)15/h7-8,10-12H,2-6,9,15H2,1H3,(H,16,17). The van der Waals surface area contributed by atoms with E-state index in [1.165, 1.54) is 32.1 Å². The molecule has 3 N–H and O–H groups in total. The summed E-state index contributed by atoms with van der Waals surface area (Å²) in [5.74, 6) is 1.84. The maximum absolute atomic E-state index is 5.83. The van der Waals surface area contributed by atoms with E-state index in [9.17, 15) is 0 Å². The van der Waals surface area contributed by atoms with Gasteiger partial charge >= 0.3 is 0 Å². The number of nitrogens with two attached hydrogens (primary N) is 1. The smallest absolute Gasteiger partial charge is 0.0736 e. The highest BCUT2D eigenvalue weighted by Crippen LogP contribution is 2.30. The first kappa shape index (κ1) is 12.2. The summed E-state index contributed by atoms with van der Waals surface area (Å²) in [6, 6.07) is 1.94. The summed E-state index contributed by atoms with van der Waals surface area (Å²) in [4.78, 5) is 3.99. The number of rotatable bonds is 4. The summed E-state index contributed by atoms with van der Waals surface area (Å²) in [6.07, 6.45) is 10.3. The van der Waals surface area contributed by atoms with Crippen LogP contribution in [0.25, 0.3) is 0 Å². The molecule has 0 saturated heterocycles. The lowest BCUT2D eigenvalue weighted by Crippen LogP contribution is -2.16. The second kappa shape index (κ2) is 5.89. The molecule has 1 aliphatic carbocycles. The molecule has 94 valence electrons. The van der Waals surface area contributed by atoms with Crippen LogP contribution in [0.15, 0.2) is 18.5 Å². The fraction of sp³-hybridized carbons (Fsp3) is 0.643. The molecule has 0 aliphatic heterocycles. The Hall–Kier alpha value is -1.25. The lowest BCUT2D eigenvalue weighted by Gasteiger charge is -2.26. The molecule has 1 saturated carbocycles. The Kier molecular flexibility index (Phi) is 4.24. The van der Waals surface area contributed by atoms with Gasteiger partial charge in [0, 0.05) is 12.7 Å². The van der Waals surface area contributed by atoms with Crippen molar-refractivity contribution in [3.05, 3.63) is 18.5 Å². The van der Waals surface area contributed by atoms with Crippen molar-refractivity contribution in [2.24, 2.45) is 11.8 Å². The van der Waals surface area contributed by atoms with Crippen molar-refractivity contribution in [3.63, 3.8) is 0 Å². The number of aromatic nitrogens is 1. The molecular formula is C14H23N3. The highest BCUT2D eigenvalue weighted by molar-refractivity contribution is 5.64. The number of nitrogens with one attached hydrogen (secondary N) is 1. The molecule has 0 atom stereocenters. The zero-order valence-corrected chi connectivity index (χ0v) is 10.7. The van der Waals surface area contributed by atoms with E-state index >= 15 is 0 Å². The molecule has 1 aromatic heterocycles. The van der Waals surface area contributed by atoms with Crippen LogP contribution in [0.2, 0.25) is 0 Å². The molecule has 3 heteroatoms. The highest BCUT2D eigenvalue weighted by Gasteiger charge is 2.17. The van der Waals surface area contributed by atoms with Gasteiger partial charge in [-0.05, 0) is 24.3 Å². The van der Waals surface area contributed by atoms with Crippen LogP contribution in [0.3, 0.4) is 0 Å². The monoisotopic (exact) mass is 233 g/mol. The summed E-state index contributed by atoms with van der Waals surface area (Å²) in [6.45, 7) is 3.39.